The summed E-state index contributed by atoms with van der Waals surface area (Å²) in [6.07, 6.45) is 6.45. The minimum Gasteiger partial charge on any atom is -0.508 e. The monoisotopic (exact) mass is 340 g/mol. The summed E-state index contributed by atoms with van der Waals surface area (Å²) in [7, 11) is 0. The van der Waals surface area contributed by atoms with Gasteiger partial charge in [-0.1, -0.05) is 37.5 Å². The molecule has 0 atom stereocenters. The quantitative estimate of drug-likeness (QED) is 0.759. The van der Waals surface area contributed by atoms with Gasteiger partial charge in [0, 0.05) is 16.5 Å². The van der Waals surface area contributed by atoms with Crippen LogP contribution in [0.3, 0.4) is 0 Å². The van der Waals surface area contributed by atoms with Crippen LogP contribution in [0.4, 0.5) is 0 Å². The molecule has 0 aromatic heterocycles. The van der Waals surface area contributed by atoms with Crippen molar-refractivity contribution in [3.8, 4) is 11.5 Å². The van der Waals surface area contributed by atoms with Gasteiger partial charge in [0.15, 0.2) is 0 Å². The Morgan fingerprint density at radius 1 is 0.920 bits per heavy atom. The van der Waals surface area contributed by atoms with Crippen molar-refractivity contribution in [1.82, 2.24) is 0 Å². The van der Waals surface area contributed by atoms with E-state index < -0.39 is 0 Å². The van der Waals surface area contributed by atoms with E-state index in [-0.39, 0.29) is 17.8 Å². The average Bonchev–Trinajstić information content (AvgIpc) is 2.61. The number of aliphatic hydroxyl groups is 1. The molecule has 25 heavy (non-hydrogen) atoms. The molecule has 3 rings (SSSR count). The largest absolute Gasteiger partial charge is 0.508 e. The van der Waals surface area contributed by atoms with Crippen LogP contribution in [0.2, 0.25) is 0 Å². The molecule has 1 saturated carbocycles. The lowest BCUT2D eigenvalue weighted by molar-refractivity contribution is 0.273. The molecule has 3 heteroatoms. The lowest BCUT2D eigenvalue weighted by Crippen LogP contribution is -2.32. The summed E-state index contributed by atoms with van der Waals surface area (Å²) in [5.41, 5.74) is 4.74. The van der Waals surface area contributed by atoms with Gasteiger partial charge in [0.2, 0.25) is 0 Å². The van der Waals surface area contributed by atoms with Gasteiger partial charge in [0.25, 0.3) is 0 Å². The van der Waals surface area contributed by atoms with Gasteiger partial charge in [-0.3, -0.25) is 0 Å². The third-order valence-corrected chi connectivity index (χ3v) is 6.09. The minimum absolute atomic E-state index is 0.0893. The highest BCUT2D eigenvalue weighted by molar-refractivity contribution is 5.49. The summed E-state index contributed by atoms with van der Waals surface area (Å²) in [5, 5.41) is 30.3. The second kappa shape index (κ2) is 7.09. The van der Waals surface area contributed by atoms with Crippen molar-refractivity contribution in [1.29, 1.82) is 0 Å². The van der Waals surface area contributed by atoms with E-state index in [0.29, 0.717) is 11.3 Å². The second-order valence-electron chi connectivity index (χ2n) is 7.48. The number of para-hydroxylation sites is 1. The average molecular weight is 340 g/mol. The molecule has 0 spiro atoms. The molecular formula is C22H28O3. The Morgan fingerprint density at radius 2 is 1.60 bits per heavy atom. The Bertz CT molecular complexity index is 758. The first kappa shape index (κ1) is 17.8. The van der Waals surface area contributed by atoms with Gasteiger partial charge in [-0.25, -0.2) is 0 Å². The lowest BCUT2D eigenvalue weighted by Gasteiger charge is -2.39. The van der Waals surface area contributed by atoms with Crippen molar-refractivity contribution < 1.29 is 15.3 Å². The third kappa shape index (κ3) is 3.25. The van der Waals surface area contributed by atoms with E-state index in [4.69, 9.17) is 0 Å². The van der Waals surface area contributed by atoms with Gasteiger partial charge in [-0.05, 0) is 61.9 Å². The molecule has 0 heterocycles. The van der Waals surface area contributed by atoms with E-state index in [1.54, 1.807) is 6.07 Å². The highest BCUT2D eigenvalue weighted by Gasteiger charge is 2.36. The van der Waals surface area contributed by atoms with Gasteiger partial charge in [-0.15, -0.1) is 0 Å². The van der Waals surface area contributed by atoms with Gasteiger partial charge in [0.1, 0.15) is 11.5 Å². The molecule has 0 amide bonds. The summed E-state index contributed by atoms with van der Waals surface area (Å²) in [6.45, 7) is 3.87. The van der Waals surface area contributed by atoms with Crippen LogP contribution >= 0.6 is 0 Å². The summed E-state index contributed by atoms with van der Waals surface area (Å²) in [6, 6.07) is 9.49. The molecule has 1 fully saturated rings. The highest BCUT2D eigenvalue weighted by Crippen LogP contribution is 2.46. The van der Waals surface area contributed by atoms with Crippen molar-refractivity contribution in [3.63, 3.8) is 0 Å². The molecule has 2 aromatic rings. The van der Waals surface area contributed by atoms with Crippen LogP contribution in [-0.2, 0) is 18.4 Å². The Balaban J connectivity index is 2.07. The topological polar surface area (TPSA) is 60.7 Å². The molecule has 3 nitrogen and oxygen atoms in total. The standard InChI is InChI=1S/C22H28O3/c1-15-16(2)18(14-23)21(25)12-17(15)13-22(10-6-3-7-11-22)19-8-4-5-9-20(19)24/h4-5,8-9,12,23-25H,3,6-7,10-11,13-14H2,1-2H3. The van der Waals surface area contributed by atoms with Gasteiger partial charge >= 0.3 is 0 Å². The summed E-state index contributed by atoms with van der Waals surface area (Å²) in [5.74, 6) is 0.541. The number of aliphatic hydroxyl groups excluding tert-OH is 1. The van der Waals surface area contributed by atoms with Crippen molar-refractivity contribution in [3.05, 3.63) is 58.1 Å². The molecule has 0 unspecified atom stereocenters. The fourth-order valence-corrected chi connectivity index (χ4v) is 4.46. The van der Waals surface area contributed by atoms with Crippen LogP contribution in [0.1, 0.15) is 59.9 Å². The van der Waals surface area contributed by atoms with Crippen LogP contribution < -0.4 is 0 Å². The molecule has 0 aliphatic heterocycles. The third-order valence-electron chi connectivity index (χ3n) is 6.09. The van der Waals surface area contributed by atoms with E-state index >= 15 is 0 Å². The van der Waals surface area contributed by atoms with E-state index in [1.165, 1.54) is 6.42 Å². The molecule has 2 aromatic carbocycles. The smallest absolute Gasteiger partial charge is 0.121 e. The number of hydrogen-bond acceptors (Lipinski definition) is 3. The van der Waals surface area contributed by atoms with Crippen molar-refractivity contribution >= 4 is 0 Å². The Kier molecular flexibility index (Phi) is 5.05. The molecule has 0 radical (unpaired) electrons. The van der Waals surface area contributed by atoms with Crippen molar-refractivity contribution in [2.45, 2.75) is 64.4 Å². The zero-order valence-corrected chi connectivity index (χ0v) is 15.2. The maximum atomic E-state index is 10.5. The SMILES string of the molecule is Cc1c(CC2(c3ccccc3O)CCCCC2)cc(O)c(CO)c1C. The van der Waals surface area contributed by atoms with Crippen LogP contribution in [0.5, 0.6) is 11.5 Å². The fourth-order valence-electron chi connectivity index (χ4n) is 4.46. The zero-order chi connectivity index (χ0) is 18.0. The maximum Gasteiger partial charge on any atom is 0.121 e. The van der Waals surface area contributed by atoms with Gasteiger partial charge in [-0.2, -0.15) is 0 Å². The number of phenols is 2. The second-order valence-corrected chi connectivity index (χ2v) is 7.48. The number of hydrogen-bond donors (Lipinski definition) is 3. The molecule has 0 bridgehead atoms. The van der Waals surface area contributed by atoms with E-state index in [0.717, 1.165) is 54.4 Å². The summed E-state index contributed by atoms with van der Waals surface area (Å²) in [4.78, 5) is 0. The maximum absolute atomic E-state index is 10.5. The number of phenolic OH excluding ortho intramolecular Hbond substituents is 1. The normalized spacial score (nSPS) is 16.8. The van der Waals surface area contributed by atoms with Crippen LogP contribution in [0.15, 0.2) is 30.3 Å². The molecule has 0 saturated heterocycles. The Hall–Kier alpha value is -2.00. The van der Waals surface area contributed by atoms with Crippen LogP contribution in [-0.4, -0.2) is 15.3 Å². The predicted octanol–water partition coefficient (Wildman–Crippen LogP) is 4.65. The van der Waals surface area contributed by atoms with Crippen LogP contribution in [0, 0.1) is 13.8 Å². The fraction of sp³-hybridized carbons (Fsp3) is 0.455. The first-order valence-corrected chi connectivity index (χ1v) is 9.19. The number of aromatic hydroxyl groups is 2. The van der Waals surface area contributed by atoms with Gasteiger partial charge in [0.05, 0.1) is 6.61 Å². The molecular weight excluding hydrogens is 312 g/mol. The van der Waals surface area contributed by atoms with Crippen molar-refractivity contribution in [2.24, 2.45) is 0 Å². The summed E-state index contributed by atoms with van der Waals surface area (Å²) < 4.78 is 0. The Morgan fingerprint density at radius 3 is 2.24 bits per heavy atom. The summed E-state index contributed by atoms with van der Waals surface area (Å²) >= 11 is 0. The molecule has 1 aliphatic rings. The predicted molar refractivity (Wildman–Crippen MR) is 100 cm³/mol. The highest BCUT2D eigenvalue weighted by atomic mass is 16.3. The molecule has 3 N–H and O–H groups in total. The van der Waals surface area contributed by atoms with Crippen molar-refractivity contribution in [2.75, 3.05) is 0 Å². The molecule has 134 valence electrons. The minimum atomic E-state index is -0.149. The first-order chi connectivity index (χ1) is 12.0. The van der Waals surface area contributed by atoms with E-state index in [1.807, 2.05) is 31.2 Å². The van der Waals surface area contributed by atoms with E-state index in [9.17, 15) is 15.3 Å². The van der Waals surface area contributed by atoms with E-state index in [2.05, 4.69) is 6.92 Å². The lowest BCUT2D eigenvalue weighted by atomic mass is 9.65. The first-order valence-electron chi connectivity index (χ1n) is 9.19. The Labute approximate surface area is 150 Å². The number of rotatable bonds is 4. The zero-order valence-electron chi connectivity index (χ0n) is 15.2. The molecule has 1 aliphatic carbocycles. The number of benzene rings is 2. The van der Waals surface area contributed by atoms with Crippen LogP contribution in [0.25, 0.3) is 0 Å². The van der Waals surface area contributed by atoms with Gasteiger partial charge < -0.3 is 15.3 Å².